The van der Waals surface area contributed by atoms with Crippen molar-refractivity contribution in [3.05, 3.63) is 139 Å². The maximum atomic E-state index is 14.1. The molecule has 8 heteroatoms. The van der Waals surface area contributed by atoms with E-state index in [1.165, 1.54) is 9.80 Å². The third kappa shape index (κ3) is 3.84. The molecule has 2 atom stereocenters. The van der Waals surface area contributed by atoms with Crippen molar-refractivity contribution in [1.29, 1.82) is 0 Å². The Morgan fingerprint density at radius 3 is 0.938 bits per heavy atom. The van der Waals surface area contributed by atoms with Gasteiger partial charge in [0.1, 0.15) is 0 Å². The normalized spacial score (nSPS) is 15.8. The third-order valence-electron chi connectivity index (χ3n) is 10.2. The van der Waals surface area contributed by atoms with E-state index in [1.807, 2.05) is 86.6 Å². The van der Waals surface area contributed by atoms with Crippen LogP contribution in [0.5, 0.6) is 0 Å². The fourth-order valence-electron chi connectivity index (χ4n) is 7.79. The summed E-state index contributed by atoms with van der Waals surface area (Å²) in [6.07, 6.45) is 0. The molecular weight excluding hydrogens is 732 g/mol. The third-order valence-corrected chi connectivity index (χ3v) is 11.2. The number of nitrogens with zero attached hydrogens (tertiary/aromatic N) is 2. The molecule has 6 nitrogen and oxygen atoms in total. The molecule has 7 aromatic carbocycles. The lowest BCUT2D eigenvalue weighted by Gasteiger charge is -2.34. The molecule has 4 amide bonds. The summed E-state index contributed by atoms with van der Waals surface area (Å²) in [6.45, 7) is 3.74. The Hall–Kier alpha value is -4.92. The number of hydrogen-bond acceptors (Lipinski definition) is 4. The van der Waals surface area contributed by atoms with Gasteiger partial charge in [-0.2, -0.15) is 0 Å². The second-order valence-electron chi connectivity index (χ2n) is 12.6. The fraction of sp³-hybridized carbons (Fsp3) is 0.100. The molecule has 0 N–H and O–H groups in total. The second-order valence-corrected chi connectivity index (χ2v) is 14.4. The zero-order valence-electron chi connectivity index (χ0n) is 25.7. The van der Waals surface area contributed by atoms with E-state index in [0.717, 1.165) is 52.4 Å². The van der Waals surface area contributed by atoms with Gasteiger partial charge in [-0.15, -0.1) is 0 Å². The highest BCUT2D eigenvalue weighted by atomic mass is 79.9. The van der Waals surface area contributed by atoms with E-state index >= 15 is 0 Å². The van der Waals surface area contributed by atoms with Crippen LogP contribution in [0.25, 0.3) is 43.1 Å². The first kappa shape index (κ1) is 29.2. The number of benzene rings is 7. The second kappa shape index (κ2) is 10.3. The lowest BCUT2D eigenvalue weighted by Crippen LogP contribution is -2.42. The minimum absolute atomic E-state index is 0.334. The molecule has 232 valence electrons. The van der Waals surface area contributed by atoms with Crippen LogP contribution < -0.4 is 0 Å². The number of carbonyl (C=O) groups is 4. The Kier molecular flexibility index (Phi) is 6.27. The molecular formula is C40H24Br2N2O4. The molecule has 0 aromatic heterocycles. The van der Waals surface area contributed by atoms with Crippen molar-refractivity contribution in [3.63, 3.8) is 0 Å². The van der Waals surface area contributed by atoms with Gasteiger partial charge in [-0.3, -0.25) is 29.0 Å². The van der Waals surface area contributed by atoms with Crippen molar-refractivity contribution in [2.75, 3.05) is 0 Å². The van der Waals surface area contributed by atoms with Gasteiger partial charge in [0.05, 0.1) is 12.1 Å². The minimum Gasteiger partial charge on any atom is -0.269 e. The summed E-state index contributed by atoms with van der Waals surface area (Å²) in [7, 11) is 0. The van der Waals surface area contributed by atoms with E-state index in [-0.39, 0.29) is 23.6 Å². The molecule has 0 radical (unpaired) electrons. The predicted molar refractivity (Wildman–Crippen MR) is 194 cm³/mol. The molecule has 2 aliphatic rings. The van der Waals surface area contributed by atoms with Crippen LogP contribution in [0.3, 0.4) is 0 Å². The molecule has 2 unspecified atom stereocenters. The standard InChI is InChI=1S/C40H24Br2N2O4/c1-19(21-3-7-23(41)8-4-21)43-37(45)29-15-11-25-27-13-17-31-36-32(40(48)44(39(31)47)20(2)22-5-9-24(42)10-6-22)18-14-28(34(27)36)26-12-16-30(38(43)46)35(29)33(25)26/h3-20H,1-2H3. The Labute approximate surface area is 291 Å². The Bertz CT molecular complexity index is 2290. The van der Waals surface area contributed by atoms with Crippen molar-refractivity contribution < 1.29 is 19.2 Å². The van der Waals surface area contributed by atoms with Crippen LogP contribution in [0.15, 0.2) is 106 Å². The number of carbonyl (C=O) groups excluding carboxylic acids is 4. The van der Waals surface area contributed by atoms with Crippen LogP contribution in [0.2, 0.25) is 0 Å². The first-order valence-electron chi connectivity index (χ1n) is 15.6. The average molecular weight is 756 g/mol. The zero-order valence-corrected chi connectivity index (χ0v) is 28.8. The largest absolute Gasteiger partial charge is 0.269 e. The first-order valence-corrected chi connectivity index (χ1v) is 17.2. The van der Waals surface area contributed by atoms with E-state index in [2.05, 4.69) is 31.9 Å². The summed E-state index contributed by atoms with van der Waals surface area (Å²) in [6, 6.07) is 29.3. The van der Waals surface area contributed by atoms with Gasteiger partial charge in [0.25, 0.3) is 23.6 Å². The van der Waals surface area contributed by atoms with Crippen molar-refractivity contribution in [2.45, 2.75) is 25.9 Å². The van der Waals surface area contributed by atoms with E-state index in [9.17, 15) is 19.2 Å². The molecule has 0 saturated carbocycles. The van der Waals surface area contributed by atoms with Crippen LogP contribution in [0, 0.1) is 0 Å². The smallest absolute Gasteiger partial charge is 0.261 e. The molecule has 0 spiro atoms. The van der Waals surface area contributed by atoms with Crippen molar-refractivity contribution in [2.24, 2.45) is 0 Å². The minimum atomic E-state index is -0.466. The van der Waals surface area contributed by atoms with Gasteiger partial charge < -0.3 is 0 Å². The summed E-state index contributed by atoms with van der Waals surface area (Å²) >= 11 is 6.92. The Balaban J connectivity index is 1.23. The number of imide groups is 2. The number of hydrogen-bond donors (Lipinski definition) is 0. The fourth-order valence-corrected chi connectivity index (χ4v) is 8.32. The van der Waals surface area contributed by atoms with Crippen LogP contribution >= 0.6 is 31.9 Å². The maximum absolute atomic E-state index is 14.1. The zero-order chi connectivity index (χ0) is 33.2. The number of halogens is 2. The highest BCUT2D eigenvalue weighted by molar-refractivity contribution is 9.10. The van der Waals surface area contributed by atoms with Gasteiger partial charge >= 0.3 is 0 Å². The van der Waals surface area contributed by atoms with Gasteiger partial charge in [0.15, 0.2) is 0 Å². The molecule has 0 aliphatic carbocycles. The highest BCUT2D eigenvalue weighted by Gasteiger charge is 2.39. The summed E-state index contributed by atoms with van der Waals surface area (Å²) in [5.41, 5.74) is 3.63. The first-order chi connectivity index (χ1) is 23.2. The van der Waals surface area contributed by atoms with Crippen LogP contribution in [-0.2, 0) is 0 Å². The van der Waals surface area contributed by atoms with Gasteiger partial charge in [-0.1, -0.05) is 80.4 Å². The van der Waals surface area contributed by atoms with Gasteiger partial charge in [-0.25, -0.2) is 0 Å². The summed E-state index contributed by atoms with van der Waals surface area (Å²) in [5.74, 6) is -1.34. The Morgan fingerprint density at radius 1 is 0.396 bits per heavy atom. The van der Waals surface area contributed by atoms with E-state index in [4.69, 9.17) is 0 Å². The summed E-state index contributed by atoms with van der Waals surface area (Å²) < 4.78 is 1.84. The monoisotopic (exact) mass is 754 g/mol. The van der Waals surface area contributed by atoms with Crippen LogP contribution in [0.4, 0.5) is 0 Å². The maximum Gasteiger partial charge on any atom is 0.261 e. The van der Waals surface area contributed by atoms with E-state index < -0.39 is 12.1 Å². The van der Waals surface area contributed by atoms with Crippen LogP contribution in [-0.4, -0.2) is 33.4 Å². The van der Waals surface area contributed by atoms with E-state index in [0.29, 0.717) is 33.0 Å². The van der Waals surface area contributed by atoms with Gasteiger partial charge in [0, 0.05) is 42.0 Å². The van der Waals surface area contributed by atoms with Crippen molar-refractivity contribution >= 4 is 98.6 Å². The highest BCUT2D eigenvalue weighted by Crippen LogP contribution is 2.47. The topological polar surface area (TPSA) is 74.8 Å². The Morgan fingerprint density at radius 2 is 0.667 bits per heavy atom. The molecule has 2 heterocycles. The summed E-state index contributed by atoms with van der Waals surface area (Å²) in [4.78, 5) is 59.0. The number of fused-ring (bicyclic) bond motifs is 2. The van der Waals surface area contributed by atoms with Gasteiger partial charge in [0.2, 0.25) is 0 Å². The quantitative estimate of drug-likeness (QED) is 0.102. The lowest BCUT2D eigenvalue weighted by atomic mass is 9.82. The van der Waals surface area contributed by atoms with Crippen LogP contribution in [0.1, 0.15) is 78.5 Å². The molecule has 0 saturated heterocycles. The number of amides is 4. The molecule has 9 rings (SSSR count). The van der Waals surface area contributed by atoms with Crippen molar-refractivity contribution in [1.82, 2.24) is 9.80 Å². The predicted octanol–water partition coefficient (Wildman–Crippen LogP) is 9.98. The molecule has 0 fully saturated rings. The molecule has 2 aliphatic heterocycles. The number of rotatable bonds is 4. The molecule has 48 heavy (non-hydrogen) atoms. The summed E-state index contributed by atoms with van der Waals surface area (Å²) in [5, 5.41) is 6.39. The SMILES string of the molecule is CC(c1ccc(Br)cc1)N1C(=O)c2ccc3c4ccc5c6c(ccc(c7ccc(c2c37)C1=O)c64)C(=O)N(C(C)c1ccc(Br)cc1)C5=O. The molecule has 7 aromatic rings. The van der Waals surface area contributed by atoms with E-state index in [1.54, 1.807) is 24.3 Å². The average Bonchev–Trinajstić information content (AvgIpc) is 3.09. The van der Waals surface area contributed by atoms with Gasteiger partial charge in [-0.05, 0) is 106 Å². The molecule has 0 bridgehead atoms. The lowest BCUT2D eigenvalue weighted by molar-refractivity contribution is 0.0534. The van der Waals surface area contributed by atoms with Crippen molar-refractivity contribution in [3.8, 4) is 0 Å².